The number of benzene rings is 4. The van der Waals surface area contributed by atoms with Crippen LogP contribution in [0.4, 0.5) is 0 Å². The van der Waals surface area contributed by atoms with Crippen molar-refractivity contribution in [2.45, 2.75) is 20.4 Å². The van der Waals surface area contributed by atoms with Gasteiger partial charge in [-0.15, -0.1) is 0 Å². The fourth-order valence-corrected chi connectivity index (χ4v) is 11.6. The van der Waals surface area contributed by atoms with E-state index in [2.05, 4.69) is 0 Å². The van der Waals surface area contributed by atoms with Gasteiger partial charge in [0.1, 0.15) is 0 Å². The maximum atomic E-state index is 15.6. The molecule has 0 radical (unpaired) electrons. The van der Waals surface area contributed by atoms with Gasteiger partial charge in [-0.25, -0.2) is 4.21 Å². The van der Waals surface area contributed by atoms with E-state index in [1.165, 1.54) is 0 Å². The number of hydrogen-bond acceptors (Lipinski definition) is 2. The highest BCUT2D eigenvalue weighted by molar-refractivity contribution is 8.81. The van der Waals surface area contributed by atoms with E-state index in [9.17, 15) is 4.55 Å². The third kappa shape index (κ3) is 3.44. The van der Waals surface area contributed by atoms with Gasteiger partial charge < -0.3 is 4.55 Å². The van der Waals surface area contributed by atoms with Crippen LogP contribution in [0.3, 0.4) is 0 Å². The third-order valence-corrected chi connectivity index (χ3v) is 13.6. The highest BCUT2D eigenvalue weighted by Gasteiger charge is 2.53. The van der Waals surface area contributed by atoms with E-state index in [1.54, 1.807) is 12.1 Å². The predicted molar refractivity (Wildman–Crippen MR) is 121 cm³/mol. The minimum absolute atomic E-state index is 0.174. The molecular formula is C25H22O2S2. The van der Waals surface area contributed by atoms with E-state index in [1.807, 2.05) is 109 Å². The summed E-state index contributed by atoms with van der Waals surface area (Å²) >= 11 is 0. The Morgan fingerprint density at radius 2 is 0.966 bits per heavy atom. The van der Waals surface area contributed by atoms with Crippen molar-refractivity contribution in [1.82, 2.24) is 0 Å². The number of rotatable bonds is 6. The molecule has 0 fully saturated rings. The Balaban J connectivity index is 2.07. The van der Waals surface area contributed by atoms with Gasteiger partial charge in [0.15, 0.2) is 4.90 Å². The standard InChI is InChI=1S/C25H22O2S2/c26-28(23-15-7-2-8-16-23)29(27,24-17-9-3-10-18-24,25-19-11-4-12-20-25)21-22-13-5-1-6-14-22/h1-20H,21H2. The van der Waals surface area contributed by atoms with Crippen molar-refractivity contribution in [3.05, 3.63) is 127 Å². The van der Waals surface area contributed by atoms with Crippen molar-refractivity contribution in [3.63, 3.8) is 0 Å². The molecule has 0 spiro atoms. The third-order valence-electron chi connectivity index (χ3n) is 4.97. The van der Waals surface area contributed by atoms with Crippen LogP contribution in [0.1, 0.15) is 5.56 Å². The van der Waals surface area contributed by atoms with Crippen molar-refractivity contribution in [2.24, 2.45) is 0 Å². The average molecular weight is 419 g/mol. The molecule has 4 rings (SSSR count). The van der Waals surface area contributed by atoms with Gasteiger partial charge in [-0.2, -0.15) is 0 Å². The Labute approximate surface area is 174 Å². The summed E-state index contributed by atoms with van der Waals surface area (Å²) in [7, 11) is -5.88. The van der Waals surface area contributed by atoms with Gasteiger partial charge in [-0.1, -0.05) is 84.9 Å². The first kappa shape index (κ1) is 19.6. The Bertz CT molecular complexity index is 1090. The van der Waals surface area contributed by atoms with Crippen LogP contribution in [-0.4, -0.2) is 8.76 Å². The van der Waals surface area contributed by atoms with Gasteiger partial charge in [0.2, 0.25) is 0 Å². The Morgan fingerprint density at radius 1 is 0.586 bits per heavy atom. The molecule has 0 aliphatic heterocycles. The lowest BCUT2D eigenvalue weighted by molar-refractivity contribution is 0.599. The molecule has 2 nitrogen and oxygen atoms in total. The first-order valence-electron chi connectivity index (χ1n) is 9.40. The molecule has 0 aliphatic carbocycles. The van der Waals surface area contributed by atoms with Gasteiger partial charge in [0.25, 0.3) is 0 Å². The molecule has 0 aromatic heterocycles. The fraction of sp³-hybridized carbons (Fsp3) is 0.0400. The second kappa shape index (κ2) is 7.99. The summed E-state index contributed by atoms with van der Waals surface area (Å²) in [5.41, 5.74) is 0.890. The highest BCUT2D eigenvalue weighted by atomic mass is 33.2. The summed E-state index contributed by atoms with van der Waals surface area (Å²) in [5, 5.41) is 0. The van der Waals surface area contributed by atoms with E-state index >= 15 is 4.21 Å². The molecule has 0 amide bonds. The van der Waals surface area contributed by atoms with Crippen molar-refractivity contribution >= 4 is 18.3 Å². The van der Waals surface area contributed by atoms with Crippen molar-refractivity contribution in [1.29, 1.82) is 0 Å². The largest absolute Gasteiger partial charge is 0.599 e. The smallest absolute Gasteiger partial charge is 0.166 e. The first-order valence-corrected chi connectivity index (χ1v) is 13.2. The molecule has 0 bridgehead atoms. The Kier molecular flexibility index (Phi) is 5.41. The minimum Gasteiger partial charge on any atom is -0.599 e. The zero-order valence-electron chi connectivity index (χ0n) is 15.9. The molecule has 146 valence electrons. The quantitative estimate of drug-likeness (QED) is 0.291. The van der Waals surface area contributed by atoms with E-state index in [0.29, 0.717) is 14.7 Å². The average Bonchev–Trinajstić information content (AvgIpc) is 2.81. The number of hydrogen-bond donors (Lipinski definition) is 0. The lowest BCUT2D eigenvalue weighted by Gasteiger charge is -2.43. The van der Waals surface area contributed by atoms with Crippen LogP contribution >= 0.6 is 0 Å². The molecule has 1 unspecified atom stereocenters. The van der Waals surface area contributed by atoms with Crippen LogP contribution in [0.15, 0.2) is 136 Å². The molecule has 0 heterocycles. The molecule has 4 aromatic carbocycles. The van der Waals surface area contributed by atoms with Gasteiger partial charge in [-0.3, -0.25) is 0 Å². The monoisotopic (exact) mass is 418 g/mol. The molecule has 1 atom stereocenters. The summed E-state index contributed by atoms with van der Waals surface area (Å²) in [4.78, 5) is 1.76. The predicted octanol–water partition coefficient (Wildman–Crippen LogP) is 5.85. The lowest BCUT2D eigenvalue weighted by atomic mass is 10.2. The van der Waals surface area contributed by atoms with E-state index in [0.717, 1.165) is 5.56 Å². The lowest BCUT2D eigenvalue weighted by Crippen LogP contribution is -2.43. The van der Waals surface area contributed by atoms with Crippen LogP contribution in [0.5, 0.6) is 0 Å². The van der Waals surface area contributed by atoms with Crippen LogP contribution in [0.2, 0.25) is 0 Å². The Hall–Kier alpha value is -2.66. The van der Waals surface area contributed by atoms with Crippen molar-refractivity contribution in [2.75, 3.05) is 0 Å². The van der Waals surface area contributed by atoms with E-state index < -0.39 is 18.3 Å². The summed E-state index contributed by atoms with van der Waals surface area (Å²) < 4.78 is 29.8. The van der Waals surface area contributed by atoms with E-state index in [4.69, 9.17) is 0 Å². The zero-order chi connectivity index (χ0) is 20.2. The second-order valence-corrected chi connectivity index (χ2v) is 14.1. The summed E-state index contributed by atoms with van der Waals surface area (Å²) in [6.07, 6.45) is 0. The topological polar surface area (TPSA) is 40.1 Å². The summed E-state index contributed by atoms with van der Waals surface area (Å²) in [5.74, 6) is 0.174. The van der Waals surface area contributed by atoms with Crippen molar-refractivity contribution in [3.8, 4) is 0 Å². The maximum Gasteiger partial charge on any atom is 0.166 e. The minimum atomic E-state index is -4.09. The molecule has 4 heteroatoms. The first-order chi connectivity index (χ1) is 14.1. The van der Waals surface area contributed by atoms with Crippen LogP contribution in [-0.2, 0) is 24.1 Å². The Morgan fingerprint density at radius 3 is 1.41 bits per heavy atom. The molecule has 0 N–H and O–H groups in total. The SMILES string of the molecule is O=S(Cc1ccccc1)(c1ccccc1)(c1ccccc1)[S+]([O-])c1ccccc1. The van der Waals surface area contributed by atoms with E-state index in [-0.39, 0.29) is 5.75 Å². The van der Waals surface area contributed by atoms with Crippen LogP contribution < -0.4 is 0 Å². The van der Waals surface area contributed by atoms with Gasteiger partial charge in [-0.05, 0) is 42.0 Å². The van der Waals surface area contributed by atoms with Gasteiger partial charge in [0, 0.05) is 0 Å². The molecule has 4 aromatic rings. The fourth-order valence-electron chi connectivity index (χ4n) is 3.53. The van der Waals surface area contributed by atoms with Crippen molar-refractivity contribution < 1.29 is 8.76 Å². The second-order valence-electron chi connectivity index (χ2n) is 6.83. The molecule has 0 aliphatic rings. The highest BCUT2D eigenvalue weighted by Crippen LogP contribution is 2.53. The molecular weight excluding hydrogens is 396 g/mol. The van der Waals surface area contributed by atoms with Gasteiger partial charge >= 0.3 is 0 Å². The summed E-state index contributed by atoms with van der Waals surface area (Å²) in [6, 6.07) is 37.4. The summed E-state index contributed by atoms with van der Waals surface area (Å²) in [6.45, 7) is 0. The normalized spacial score (nSPS) is 13.9. The molecule has 0 saturated carbocycles. The zero-order valence-corrected chi connectivity index (χ0v) is 17.5. The van der Waals surface area contributed by atoms with Gasteiger partial charge in [0.05, 0.1) is 33.8 Å². The van der Waals surface area contributed by atoms with Crippen LogP contribution in [0.25, 0.3) is 0 Å². The van der Waals surface area contributed by atoms with Crippen LogP contribution in [0, 0.1) is 0 Å². The maximum absolute atomic E-state index is 15.6. The molecule has 29 heavy (non-hydrogen) atoms. The molecule has 0 saturated heterocycles.